The molecule has 15 heteroatoms. The summed E-state index contributed by atoms with van der Waals surface area (Å²) in [6, 6.07) is 14.2. The van der Waals surface area contributed by atoms with Crippen LogP contribution in [0, 0.1) is 11.3 Å². The van der Waals surface area contributed by atoms with Crippen molar-refractivity contribution in [3.8, 4) is 28.8 Å². The molecule has 1 aromatic carbocycles. The fraction of sp³-hybridized carbons (Fsp3) is 0.412. The maximum atomic E-state index is 9.67. The van der Waals surface area contributed by atoms with Crippen molar-refractivity contribution in [3.05, 3.63) is 78.8 Å². The minimum absolute atomic E-state index is 0.275. The molecular weight excluding hydrogens is 624 g/mol. The number of tetrazole rings is 1. The zero-order valence-corrected chi connectivity index (χ0v) is 27.3. The number of benzene rings is 1. The normalized spacial score (nSPS) is 18.8. The predicted molar refractivity (Wildman–Crippen MR) is 178 cm³/mol. The van der Waals surface area contributed by atoms with Crippen LogP contribution < -0.4 is 14.8 Å². The summed E-state index contributed by atoms with van der Waals surface area (Å²) < 4.78 is 21.5. The summed E-state index contributed by atoms with van der Waals surface area (Å²) >= 11 is 0. The summed E-state index contributed by atoms with van der Waals surface area (Å²) in [5, 5.41) is 29.1. The molecule has 7 rings (SSSR count). The molecule has 5 aromatic rings. The quantitative estimate of drug-likeness (QED) is 0.202. The summed E-state index contributed by atoms with van der Waals surface area (Å²) in [6.07, 6.45) is 12.8. The highest BCUT2D eigenvalue weighted by Gasteiger charge is 2.29. The third-order valence-electron chi connectivity index (χ3n) is 8.88. The number of nitrogens with one attached hydrogen (secondary N) is 1. The van der Waals surface area contributed by atoms with Crippen LogP contribution in [0.15, 0.2) is 67.5 Å². The highest BCUT2D eigenvalue weighted by molar-refractivity contribution is 5.67. The Morgan fingerprint density at radius 2 is 1.84 bits per heavy atom. The molecule has 4 aromatic heterocycles. The number of nitrogens with zero attached hydrogens (tertiary/aromatic N) is 11. The third kappa shape index (κ3) is 7.99. The highest BCUT2D eigenvalue weighted by Crippen LogP contribution is 2.35. The Bertz CT molecular complexity index is 1830. The Balaban J connectivity index is 1.05. The maximum Gasteiger partial charge on any atom is 0.257 e. The van der Waals surface area contributed by atoms with Gasteiger partial charge in [-0.05, 0) is 72.9 Å². The van der Waals surface area contributed by atoms with Gasteiger partial charge in [0.1, 0.15) is 36.5 Å². The monoisotopic (exact) mass is 662 g/mol. The van der Waals surface area contributed by atoms with Crippen LogP contribution in [0.4, 0.5) is 11.6 Å². The van der Waals surface area contributed by atoms with Crippen molar-refractivity contribution in [3.63, 3.8) is 0 Å². The van der Waals surface area contributed by atoms with Gasteiger partial charge in [0.25, 0.3) is 5.88 Å². The van der Waals surface area contributed by atoms with Crippen molar-refractivity contribution in [2.45, 2.75) is 63.9 Å². The topological polar surface area (TPSA) is 167 Å². The van der Waals surface area contributed by atoms with E-state index in [1.54, 1.807) is 29.3 Å². The van der Waals surface area contributed by atoms with Crippen LogP contribution in [0.25, 0.3) is 11.1 Å². The zero-order chi connectivity index (χ0) is 33.4. The fourth-order valence-corrected chi connectivity index (χ4v) is 6.35. The third-order valence-corrected chi connectivity index (χ3v) is 8.88. The Morgan fingerprint density at radius 1 is 1.02 bits per heavy atom. The molecule has 0 amide bonds. The molecule has 2 fully saturated rings. The van der Waals surface area contributed by atoms with E-state index in [4.69, 9.17) is 19.3 Å². The molecule has 0 spiro atoms. The second-order valence-corrected chi connectivity index (χ2v) is 12.3. The van der Waals surface area contributed by atoms with Crippen molar-refractivity contribution < 1.29 is 14.2 Å². The Labute approximate surface area is 283 Å². The van der Waals surface area contributed by atoms with Gasteiger partial charge in [0.05, 0.1) is 43.3 Å². The average Bonchev–Trinajstić information content (AvgIpc) is 3.82. The minimum atomic E-state index is -0.275. The van der Waals surface area contributed by atoms with Crippen LogP contribution in [0.1, 0.15) is 49.9 Å². The van der Waals surface area contributed by atoms with E-state index in [1.807, 2.05) is 48.1 Å². The maximum absolute atomic E-state index is 9.67. The Morgan fingerprint density at radius 3 is 2.57 bits per heavy atom. The van der Waals surface area contributed by atoms with Crippen LogP contribution in [0.3, 0.4) is 0 Å². The summed E-state index contributed by atoms with van der Waals surface area (Å²) in [6.45, 7) is 6.28. The van der Waals surface area contributed by atoms with E-state index in [2.05, 4.69) is 46.8 Å². The minimum Gasteiger partial charge on any atom is -0.487 e. The summed E-state index contributed by atoms with van der Waals surface area (Å²) in [5.41, 5.74) is 3.51. The molecule has 252 valence electrons. The van der Waals surface area contributed by atoms with Gasteiger partial charge in [0.2, 0.25) is 5.95 Å². The van der Waals surface area contributed by atoms with E-state index < -0.39 is 0 Å². The molecule has 0 radical (unpaired) electrons. The van der Waals surface area contributed by atoms with E-state index in [9.17, 15) is 5.26 Å². The molecule has 1 atom stereocenters. The number of pyridine rings is 1. The Kier molecular flexibility index (Phi) is 9.95. The number of anilines is 2. The van der Waals surface area contributed by atoms with Crippen LogP contribution in [-0.2, 0) is 17.9 Å². The molecule has 1 N–H and O–H groups in total. The molecule has 1 aliphatic carbocycles. The largest absolute Gasteiger partial charge is 0.487 e. The molecule has 15 nitrogen and oxygen atoms in total. The SMILES string of the molecule is C[C@@H](Cn1cnnn1)Oc1cc(-c2cnc(Nc3cn(C4CCC(N5CCOCC5)CC4)nc3OCc3ccccn3)nc2)ccc1C#N. The molecule has 1 saturated carbocycles. The highest BCUT2D eigenvalue weighted by atomic mass is 16.5. The molecule has 1 aliphatic heterocycles. The van der Waals surface area contributed by atoms with Gasteiger partial charge in [0.15, 0.2) is 0 Å². The van der Waals surface area contributed by atoms with E-state index in [1.165, 1.54) is 6.33 Å². The summed E-state index contributed by atoms with van der Waals surface area (Å²) in [4.78, 5) is 16.2. The van der Waals surface area contributed by atoms with Crippen LogP contribution in [0.5, 0.6) is 11.6 Å². The first kappa shape index (κ1) is 32.1. The van der Waals surface area contributed by atoms with Crippen molar-refractivity contribution in [1.29, 1.82) is 5.26 Å². The predicted octanol–water partition coefficient (Wildman–Crippen LogP) is 4.20. The number of hydrogen-bond donors (Lipinski definition) is 1. The standard InChI is InChI=1S/C34H38N12O3/c1-24(20-45-23-39-42-43-45)49-32-16-25(5-6-26(32)17-35)27-18-37-34(38-19-27)40-31-21-46(41-33(31)48-22-28-4-2-3-11-36-28)30-9-7-29(8-10-30)44-12-14-47-15-13-44/h2-6,11,16,18-19,21,23-24,29-30H,7-10,12-15,20,22H2,1H3,(H,37,38,40)/t24-,29?,30?/m0/s1. The number of nitriles is 1. The van der Waals surface area contributed by atoms with Gasteiger partial charge in [-0.1, -0.05) is 12.1 Å². The van der Waals surface area contributed by atoms with E-state index in [0.29, 0.717) is 41.4 Å². The number of hydrogen-bond acceptors (Lipinski definition) is 13. The lowest BCUT2D eigenvalue weighted by atomic mass is 9.90. The molecule has 2 aliphatic rings. The van der Waals surface area contributed by atoms with Gasteiger partial charge in [-0.3, -0.25) is 14.6 Å². The summed E-state index contributed by atoms with van der Waals surface area (Å²) in [7, 11) is 0. The average molecular weight is 663 g/mol. The molecule has 0 bridgehead atoms. The number of aromatic nitrogens is 9. The van der Waals surface area contributed by atoms with Gasteiger partial charge in [-0.25, -0.2) is 14.6 Å². The van der Waals surface area contributed by atoms with Gasteiger partial charge in [-0.15, -0.1) is 10.2 Å². The fourth-order valence-electron chi connectivity index (χ4n) is 6.35. The van der Waals surface area contributed by atoms with Crippen molar-refractivity contribution in [1.82, 2.24) is 49.8 Å². The lowest BCUT2D eigenvalue weighted by Gasteiger charge is -2.38. The van der Waals surface area contributed by atoms with E-state index >= 15 is 0 Å². The molecule has 49 heavy (non-hydrogen) atoms. The molecule has 0 unspecified atom stereocenters. The first-order chi connectivity index (χ1) is 24.1. The molecule has 1 saturated heterocycles. The first-order valence-electron chi connectivity index (χ1n) is 16.6. The Hall–Kier alpha value is -5.46. The number of ether oxygens (including phenoxy) is 3. The van der Waals surface area contributed by atoms with Crippen LogP contribution in [-0.4, -0.2) is 88.3 Å². The second-order valence-electron chi connectivity index (χ2n) is 12.3. The van der Waals surface area contributed by atoms with Crippen molar-refractivity contribution in [2.24, 2.45) is 0 Å². The molecule has 5 heterocycles. The van der Waals surface area contributed by atoms with Crippen LogP contribution >= 0.6 is 0 Å². The van der Waals surface area contributed by atoms with Gasteiger partial charge in [-0.2, -0.15) is 5.26 Å². The second kappa shape index (κ2) is 15.2. The first-order valence-corrected chi connectivity index (χ1v) is 16.6. The van der Waals surface area contributed by atoms with E-state index in [-0.39, 0.29) is 18.8 Å². The van der Waals surface area contributed by atoms with Gasteiger partial charge >= 0.3 is 0 Å². The zero-order valence-electron chi connectivity index (χ0n) is 27.3. The molecular formula is C34H38N12O3. The van der Waals surface area contributed by atoms with Gasteiger partial charge < -0.3 is 19.5 Å². The lowest BCUT2D eigenvalue weighted by Crippen LogP contribution is -2.45. The number of morpholine rings is 1. The van der Waals surface area contributed by atoms with Crippen LogP contribution in [0.2, 0.25) is 0 Å². The van der Waals surface area contributed by atoms with Gasteiger partial charge in [0, 0.05) is 43.3 Å². The van der Waals surface area contributed by atoms with Crippen molar-refractivity contribution in [2.75, 3.05) is 31.6 Å². The van der Waals surface area contributed by atoms with Crippen molar-refractivity contribution >= 4 is 11.6 Å². The smallest absolute Gasteiger partial charge is 0.257 e. The number of rotatable bonds is 12. The summed E-state index contributed by atoms with van der Waals surface area (Å²) in [5.74, 6) is 1.34. The van der Waals surface area contributed by atoms with E-state index in [0.717, 1.165) is 68.8 Å². The lowest BCUT2D eigenvalue weighted by molar-refractivity contribution is 0.00502.